The average molecular weight is 257 g/mol. The molecule has 2 aliphatic rings. The van der Waals surface area contributed by atoms with Crippen LogP contribution < -0.4 is 0 Å². The number of piperidine rings is 1. The fraction of sp³-hybridized carbons (Fsp3) is 1.00. The Hall–Kier alpha value is -0.160. The number of rotatable bonds is 5. The second-order valence-electron chi connectivity index (χ2n) is 5.51. The molecule has 4 heteroatoms. The van der Waals surface area contributed by atoms with E-state index in [0.29, 0.717) is 12.2 Å². The number of aliphatic hydroxyl groups excluding tert-OH is 1. The molecule has 0 radical (unpaired) electrons. The van der Waals surface area contributed by atoms with Gasteiger partial charge in [0.05, 0.1) is 18.3 Å². The lowest BCUT2D eigenvalue weighted by Gasteiger charge is -2.35. The van der Waals surface area contributed by atoms with Gasteiger partial charge in [0, 0.05) is 32.8 Å². The summed E-state index contributed by atoms with van der Waals surface area (Å²) in [6.07, 6.45) is 5.82. The van der Waals surface area contributed by atoms with Crippen LogP contribution in [0.15, 0.2) is 0 Å². The molecule has 18 heavy (non-hydrogen) atoms. The van der Waals surface area contributed by atoms with E-state index < -0.39 is 0 Å². The van der Waals surface area contributed by atoms with E-state index in [4.69, 9.17) is 9.47 Å². The van der Waals surface area contributed by atoms with Gasteiger partial charge in [-0.1, -0.05) is 6.92 Å². The molecule has 2 saturated heterocycles. The fourth-order valence-corrected chi connectivity index (χ4v) is 2.74. The van der Waals surface area contributed by atoms with Crippen LogP contribution in [0.1, 0.15) is 39.0 Å². The summed E-state index contributed by atoms with van der Waals surface area (Å²) in [5, 5.41) is 9.65. The summed E-state index contributed by atoms with van der Waals surface area (Å²) >= 11 is 0. The molecule has 2 heterocycles. The predicted octanol–water partition coefficient (Wildman–Crippen LogP) is 1.42. The van der Waals surface area contributed by atoms with Gasteiger partial charge >= 0.3 is 0 Å². The lowest BCUT2D eigenvalue weighted by atomic mass is 10.1. The van der Waals surface area contributed by atoms with Crippen molar-refractivity contribution in [3.63, 3.8) is 0 Å². The van der Waals surface area contributed by atoms with Gasteiger partial charge in [-0.15, -0.1) is 0 Å². The first-order valence-electron chi connectivity index (χ1n) is 7.41. The summed E-state index contributed by atoms with van der Waals surface area (Å²) in [6.45, 7) is 6.68. The molecule has 0 aromatic carbocycles. The maximum atomic E-state index is 9.65. The molecule has 106 valence electrons. The molecular formula is C14H27NO3. The highest BCUT2D eigenvalue weighted by Gasteiger charge is 2.24. The zero-order valence-electron chi connectivity index (χ0n) is 11.5. The smallest absolute Gasteiger partial charge is 0.0664 e. The highest BCUT2D eigenvalue weighted by atomic mass is 16.5. The summed E-state index contributed by atoms with van der Waals surface area (Å²) in [7, 11) is 0. The van der Waals surface area contributed by atoms with Crippen LogP contribution in [0.2, 0.25) is 0 Å². The Labute approximate surface area is 110 Å². The third-order valence-corrected chi connectivity index (χ3v) is 4.03. The molecule has 0 unspecified atom stereocenters. The molecule has 4 nitrogen and oxygen atoms in total. The molecule has 2 aliphatic heterocycles. The van der Waals surface area contributed by atoms with Gasteiger partial charge < -0.3 is 19.5 Å². The van der Waals surface area contributed by atoms with Crippen LogP contribution in [0.5, 0.6) is 0 Å². The lowest BCUT2D eigenvalue weighted by molar-refractivity contribution is -0.0864. The second-order valence-corrected chi connectivity index (χ2v) is 5.51. The van der Waals surface area contributed by atoms with Crippen molar-refractivity contribution >= 4 is 0 Å². The van der Waals surface area contributed by atoms with Crippen LogP contribution in [-0.4, -0.2) is 61.2 Å². The number of ether oxygens (including phenoxy) is 2. The van der Waals surface area contributed by atoms with E-state index in [1.807, 2.05) is 6.92 Å². The summed E-state index contributed by atoms with van der Waals surface area (Å²) < 4.78 is 11.5. The summed E-state index contributed by atoms with van der Waals surface area (Å²) in [4.78, 5) is 2.36. The SMILES string of the molecule is CC[C@@H](O)CN1CCC(OC2CCOCC2)CC1. The van der Waals surface area contributed by atoms with E-state index in [-0.39, 0.29) is 6.10 Å². The summed E-state index contributed by atoms with van der Waals surface area (Å²) in [5.74, 6) is 0. The van der Waals surface area contributed by atoms with Crippen LogP contribution in [0.25, 0.3) is 0 Å². The van der Waals surface area contributed by atoms with Crippen molar-refractivity contribution in [3.8, 4) is 0 Å². The highest BCUT2D eigenvalue weighted by molar-refractivity contribution is 4.76. The predicted molar refractivity (Wildman–Crippen MR) is 70.7 cm³/mol. The molecule has 0 amide bonds. The Morgan fingerprint density at radius 1 is 1.17 bits per heavy atom. The van der Waals surface area contributed by atoms with Crippen molar-refractivity contribution in [2.24, 2.45) is 0 Å². The molecule has 0 aromatic rings. The third kappa shape index (κ3) is 4.50. The number of hydrogen-bond donors (Lipinski definition) is 1. The van der Waals surface area contributed by atoms with Gasteiger partial charge in [-0.05, 0) is 32.1 Å². The molecule has 0 aliphatic carbocycles. The van der Waals surface area contributed by atoms with E-state index in [2.05, 4.69) is 4.90 Å². The van der Waals surface area contributed by atoms with Crippen molar-refractivity contribution in [1.82, 2.24) is 4.90 Å². The van der Waals surface area contributed by atoms with Crippen LogP contribution in [0.3, 0.4) is 0 Å². The fourth-order valence-electron chi connectivity index (χ4n) is 2.74. The van der Waals surface area contributed by atoms with Gasteiger partial charge in [0.15, 0.2) is 0 Å². The van der Waals surface area contributed by atoms with Crippen LogP contribution in [0.4, 0.5) is 0 Å². The van der Waals surface area contributed by atoms with Crippen LogP contribution >= 0.6 is 0 Å². The number of likely N-dealkylation sites (tertiary alicyclic amines) is 1. The molecule has 1 atom stereocenters. The van der Waals surface area contributed by atoms with Crippen molar-refractivity contribution < 1.29 is 14.6 Å². The third-order valence-electron chi connectivity index (χ3n) is 4.03. The minimum Gasteiger partial charge on any atom is -0.392 e. The first kappa shape index (κ1) is 14.3. The van der Waals surface area contributed by atoms with Gasteiger partial charge in [0.2, 0.25) is 0 Å². The average Bonchev–Trinajstić information content (AvgIpc) is 2.42. The van der Waals surface area contributed by atoms with Crippen LogP contribution in [-0.2, 0) is 9.47 Å². The molecule has 2 rings (SSSR count). The van der Waals surface area contributed by atoms with Gasteiger partial charge in [-0.25, -0.2) is 0 Å². The second kappa shape index (κ2) is 7.43. The van der Waals surface area contributed by atoms with Crippen LogP contribution in [0, 0.1) is 0 Å². The Balaban J connectivity index is 1.63. The largest absolute Gasteiger partial charge is 0.392 e. The van der Waals surface area contributed by atoms with E-state index in [9.17, 15) is 5.11 Å². The quantitative estimate of drug-likeness (QED) is 0.809. The molecule has 0 spiro atoms. The number of nitrogens with zero attached hydrogens (tertiary/aromatic N) is 1. The maximum absolute atomic E-state index is 9.65. The highest BCUT2D eigenvalue weighted by Crippen LogP contribution is 2.20. The van der Waals surface area contributed by atoms with Gasteiger partial charge in [0.1, 0.15) is 0 Å². The number of hydrogen-bond acceptors (Lipinski definition) is 4. The van der Waals surface area contributed by atoms with E-state index >= 15 is 0 Å². The van der Waals surface area contributed by atoms with Crippen molar-refractivity contribution in [3.05, 3.63) is 0 Å². The lowest BCUT2D eigenvalue weighted by Crippen LogP contribution is -2.42. The normalized spacial score (nSPS) is 26.3. The molecule has 0 aromatic heterocycles. The Kier molecular flexibility index (Phi) is 5.89. The number of aliphatic hydroxyl groups is 1. The van der Waals surface area contributed by atoms with E-state index in [1.54, 1.807) is 0 Å². The van der Waals surface area contributed by atoms with Gasteiger partial charge in [-0.2, -0.15) is 0 Å². The van der Waals surface area contributed by atoms with Crippen molar-refractivity contribution in [2.75, 3.05) is 32.8 Å². The van der Waals surface area contributed by atoms with Crippen molar-refractivity contribution in [1.29, 1.82) is 0 Å². The minimum absolute atomic E-state index is 0.169. The standard InChI is InChI=1S/C14H27NO3/c1-2-12(16)11-15-7-3-13(4-8-15)18-14-5-9-17-10-6-14/h12-14,16H,2-11H2,1H3/t12-/m1/s1. The first-order valence-corrected chi connectivity index (χ1v) is 7.41. The van der Waals surface area contributed by atoms with E-state index in [1.165, 1.54) is 0 Å². The number of β-amino-alcohol motifs (C(OH)–C–C–N with tert-alkyl or cyclic N) is 1. The monoisotopic (exact) mass is 257 g/mol. The Morgan fingerprint density at radius 2 is 1.78 bits per heavy atom. The Bertz CT molecular complexity index is 223. The topological polar surface area (TPSA) is 41.9 Å². The van der Waals surface area contributed by atoms with Gasteiger partial charge in [0.25, 0.3) is 0 Å². The van der Waals surface area contributed by atoms with Gasteiger partial charge in [-0.3, -0.25) is 0 Å². The first-order chi connectivity index (χ1) is 8.78. The maximum Gasteiger partial charge on any atom is 0.0664 e. The molecule has 2 fully saturated rings. The van der Waals surface area contributed by atoms with Crippen molar-refractivity contribution in [2.45, 2.75) is 57.3 Å². The molecular weight excluding hydrogens is 230 g/mol. The summed E-state index contributed by atoms with van der Waals surface area (Å²) in [5.41, 5.74) is 0. The Morgan fingerprint density at radius 3 is 2.39 bits per heavy atom. The zero-order chi connectivity index (χ0) is 12.8. The summed E-state index contributed by atoms with van der Waals surface area (Å²) in [6, 6.07) is 0. The minimum atomic E-state index is -0.169. The molecule has 0 bridgehead atoms. The molecule has 0 saturated carbocycles. The van der Waals surface area contributed by atoms with E-state index in [0.717, 1.165) is 65.0 Å². The zero-order valence-corrected chi connectivity index (χ0v) is 11.5. The molecule has 1 N–H and O–H groups in total.